The minimum Gasteiger partial charge on any atom is -0.356 e. The molecule has 3 rings (SSSR count). The topological polar surface area (TPSA) is 96.6 Å². The predicted octanol–water partition coefficient (Wildman–Crippen LogP) is 2.74. The number of hydrogen-bond donors (Lipinski definition) is 3. The summed E-state index contributed by atoms with van der Waals surface area (Å²) in [5.41, 5.74) is 2.35. The van der Waals surface area contributed by atoms with Gasteiger partial charge in [0.15, 0.2) is 5.96 Å². The van der Waals surface area contributed by atoms with Gasteiger partial charge in [-0.1, -0.05) is 48.9 Å². The molecule has 0 spiro atoms. The molecule has 152 valence electrons. The van der Waals surface area contributed by atoms with Crippen LogP contribution in [0.1, 0.15) is 30.4 Å². The normalized spacial score (nSPS) is 15.9. The second-order valence-electron chi connectivity index (χ2n) is 6.97. The van der Waals surface area contributed by atoms with Gasteiger partial charge >= 0.3 is 0 Å². The van der Waals surface area contributed by atoms with Crippen LogP contribution in [0.3, 0.4) is 0 Å². The third kappa shape index (κ3) is 5.45. The third-order valence-electron chi connectivity index (χ3n) is 5.20. The van der Waals surface area contributed by atoms with E-state index in [9.17, 15) is 8.42 Å². The Hall–Kier alpha value is -1.65. The molecule has 0 unspecified atom stereocenters. The highest BCUT2D eigenvalue weighted by Crippen LogP contribution is 2.43. The molecule has 0 amide bonds. The fourth-order valence-electron chi connectivity index (χ4n) is 3.45. The number of rotatable bonds is 6. The van der Waals surface area contributed by atoms with Crippen molar-refractivity contribution in [2.24, 2.45) is 10.1 Å². The Morgan fingerprint density at radius 1 is 1.11 bits per heavy atom. The number of nitrogens with one attached hydrogen (secondary N) is 2. The maximum Gasteiger partial charge on any atom is 0.238 e. The molecule has 0 atom stereocenters. The molecule has 2 aromatic carbocycles. The number of aliphatic imine (C=N–C) groups is 1. The van der Waals surface area contributed by atoms with Gasteiger partial charge in [0.1, 0.15) is 0 Å². The van der Waals surface area contributed by atoms with Crippen molar-refractivity contribution in [1.82, 2.24) is 10.6 Å². The van der Waals surface area contributed by atoms with Gasteiger partial charge in [-0.2, -0.15) is 0 Å². The number of halogens is 1. The highest BCUT2D eigenvalue weighted by Gasteiger charge is 2.38. The summed E-state index contributed by atoms with van der Waals surface area (Å²) in [6.07, 6.45) is 3.57. The second-order valence-corrected chi connectivity index (χ2v) is 8.53. The number of nitrogens with zero attached hydrogens (tertiary/aromatic N) is 1. The summed E-state index contributed by atoms with van der Waals surface area (Å²) in [4.78, 5) is 4.39. The zero-order chi connectivity index (χ0) is 19.3. The van der Waals surface area contributed by atoms with Gasteiger partial charge in [0.2, 0.25) is 10.0 Å². The molecule has 8 heteroatoms. The average Bonchev–Trinajstić information content (AvgIpc) is 2.63. The zero-order valence-electron chi connectivity index (χ0n) is 15.9. The maximum absolute atomic E-state index is 11.5. The van der Waals surface area contributed by atoms with E-state index >= 15 is 0 Å². The van der Waals surface area contributed by atoms with E-state index in [2.05, 4.69) is 39.9 Å². The summed E-state index contributed by atoms with van der Waals surface area (Å²) in [6.45, 7) is 1.27. The van der Waals surface area contributed by atoms with E-state index in [4.69, 9.17) is 5.14 Å². The van der Waals surface area contributed by atoms with Gasteiger partial charge in [-0.25, -0.2) is 13.6 Å². The highest BCUT2D eigenvalue weighted by molar-refractivity contribution is 14.0. The van der Waals surface area contributed by atoms with Gasteiger partial charge in [0.25, 0.3) is 0 Å². The number of sulfonamides is 1. The quantitative estimate of drug-likeness (QED) is 0.314. The molecule has 4 N–H and O–H groups in total. The molecular weight excluding hydrogens is 487 g/mol. The fourth-order valence-corrected chi connectivity index (χ4v) is 4.04. The first-order valence-corrected chi connectivity index (χ1v) is 10.6. The molecule has 0 saturated heterocycles. The van der Waals surface area contributed by atoms with Gasteiger partial charge in [0.05, 0.1) is 4.90 Å². The van der Waals surface area contributed by atoms with Crippen LogP contribution in [0.4, 0.5) is 0 Å². The van der Waals surface area contributed by atoms with E-state index in [0.717, 1.165) is 24.9 Å². The Kier molecular flexibility index (Phi) is 7.85. The predicted molar refractivity (Wildman–Crippen MR) is 123 cm³/mol. The number of benzene rings is 2. The Morgan fingerprint density at radius 3 is 2.39 bits per heavy atom. The molecule has 0 radical (unpaired) electrons. The number of guanidine groups is 1. The smallest absolute Gasteiger partial charge is 0.238 e. The van der Waals surface area contributed by atoms with Crippen molar-refractivity contribution >= 4 is 40.0 Å². The third-order valence-corrected chi connectivity index (χ3v) is 6.11. The molecule has 1 aliphatic carbocycles. The SMILES string of the molecule is CN=C(NCc1cccc(S(N)(=O)=O)c1)NCC1(c2ccccc2)CCC1.I. The molecule has 28 heavy (non-hydrogen) atoms. The van der Waals surface area contributed by atoms with Gasteiger partial charge in [0, 0.05) is 25.6 Å². The Bertz CT molecular complexity index is 913. The zero-order valence-corrected chi connectivity index (χ0v) is 19.0. The molecule has 6 nitrogen and oxygen atoms in total. The summed E-state index contributed by atoms with van der Waals surface area (Å²) in [5, 5.41) is 11.9. The van der Waals surface area contributed by atoms with Crippen LogP contribution >= 0.6 is 24.0 Å². The van der Waals surface area contributed by atoms with Gasteiger partial charge < -0.3 is 10.6 Å². The molecule has 1 fully saturated rings. The first kappa shape index (κ1) is 22.6. The largest absolute Gasteiger partial charge is 0.356 e. The van der Waals surface area contributed by atoms with E-state index in [-0.39, 0.29) is 34.3 Å². The van der Waals surface area contributed by atoms with Crippen LogP contribution in [-0.4, -0.2) is 28.0 Å². The summed E-state index contributed by atoms with van der Waals surface area (Å²) in [7, 11) is -1.97. The lowest BCUT2D eigenvalue weighted by Crippen LogP contribution is -2.48. The number of primary sulfonamides is 1. The van der Waals surface area contributed by atoms with Gasteiger partial charge in [-0.05, 0) is 36.1 Å². The summed E-state index contributed by atoms with van der Waals surface area (Å²) >= 11 is 0. The average molecular weight is 514 g/mol. The number of hydrogen-bond acceptors (Lipinski definition) is 3. The summed E-state index contributed by atoms with van der Waals surface area (Å²) < 4.78 is 23.0. The first-order chi connectivity index (χ1) is 12.9. The Balaban J connectivity index is 0.00000280. The standard InChI is InChI=1S/C20H26N4O2S.HI/c1-22-19(23-14-16-7-5-10-18(13-16)27(21,25)26)24-15-20(11-6-12-20)17-8-3-2-4-9-17;/h2-5,7-10,13H,6,11-12,14-15H2,1H3,(H2,21,25,26)(H2,22,23,24);1H. The Labute approximate surface area is 184 Å². The lowest BCUT2D eigenvalue weighted by atomic mass is 9.64. The van der Waals surface area contributed by atoms with Crippen LogP contribution in [0.25, 0.3) is 0 Å². The monoisotopic (exact) mass is 514 g/mol. The molecule has 0 bridgehead atoms. The fraction of sp³-hybridized carbons (Fsp3) is 0.350. The lowest BCUT2D eigenvalue weighted by Gasteiger charge is -2.43. The Morgan fingerprint density at radius 2 is 1.82 bits per heavy atom. The second kappa shape index (κ2) is 9.71. The summed E-state index contributed by atoms with van der Waals surface area (Å²) in [6, 6.07) is 17.2. The van der Waals surface area contributed by atoms with Crippen LogP contribution in [-0.2, 0) is 22.0 Å². The van der Waals surface area contributed by atoms with Crippen molar-refractivity contribution < 1.29 is 8.42 Å². The molecule has 0 heterocycles. The van der Waals surface area contributed by atoms with E-state index in [1.165, 1.54) is 18.1 Å². The van der Waals surface area contributed by atoms with Crippen molar-refractivity contribution in [3.05, 3.63) is 65.7 Å². The van der Waals surface area contributed by atoms with E-state index in [0.29, 0.717) is 12.5 Å². The highest BCUT2D eigenvalue weighted by atomic mass is 127. The van der Waals surface area contributed by atoms with Crippen molar-refractivity contribution in [2.75, 3.05) is 13.6 Å². The van der Waals surface area contributed by atoms with E-state index in [1.54, 1.807) is 19.2 Å². The van der Waals surface area contributed by atoms with Gasteiger partial charge in [-0.15, -0.1) is 24.0 Å². The van der Waals surface area contributed by atoms with Crippen molar-refractivity contribution in [2.45, 2.75) is 36.1 Å². The van der Waals surface area contributed by atoms with Crippen molar-refractivity contribution in [1.29, 1.82) is 0 Å². The van der Waals surface area contributed by atoms with Crippen LogP contribution in [0.2, 0.25) is 0 Å². The van der Waals surface area contributed by atoms with Crippen LogP contribution in [0.15, 0.2) is 64.5 Å². The minimum atomic E-state index is -3.70. The van der Waals surface area contributed by atoms with Crippen LogP contribution in [0.5, 0.6) is 0 Å². The summed E-state index contributed by atoms with van der Waals surface area (Å²) in [5.74, 6) is 0.693. The molecule has 1 saturated carbocycles. The van der Waals surface area contributed by atoms with Crippen LogP contribution < -0.4 is 15.8 Å². The van der Waals surface area contributed by atoms with Crippen molar-refractivity contribution in [3.63, 3.8) is 0 Å². The molecule has 0 aliphatic heterocycles. The molecule has 0 aromatic heterocycles. The van der Waals surface area contributed by atoms with E-state index < -0.39 is 10.0 Å². The van der Waals surface area contributed by atoms with Crippen molar-refractivity contribution in [3.8, 4) is 0 Å². The molecule has 2 aromatic rings. The van der Waals surface area contributed by atoms with Crippen LogP contribution in [0, 0.1) is 0 Å². The van der Waals surface area contributed by atoms with E-state index in [1.807, 2.05) is 12.1 Å². The molecule has 1 aliphatic rings. The molecular formula is C20H27IN4O2S. The lowest BCUT2D eigenvalue weighted by molar-refractivity contribution is 0.244. The van der Waals surface area contributed by atoms with Gasteiger partial charge in [-0.3, -0.25) is 4.99 Å². The number of nitrogens with two attached hydrogens (primary N) is 1. The maximum atomic E-state index is 11.5. The first-order valence-electron chi connectivity index (χ1n) is 9.05. The minimum absolute atomic E-state index is 0.